The van der Waals surface area contributed by atoms with Gasteiger partial charge in [0.05, 0.1) is 11.3 Å². The zero-order chi connectivity index (χ0) is 24.2. The Morgan fingerprint density at radius 2 is 1.49 bits per heavy atom. The second kappa shape index (κ2) is 9.69. The number of hydrogen-bond acceptors (Lipinski definition) is 4. The number of benzene rings is 5. The van der Waals surface area contributed by atoms with Gasteiger partial charge in [0.25, 0.3) is 5.91 Å². The number of phenols is 1. The standard InChI is InChI=1S/C30H24N2O3/c1-20(31-32-30(34)28-17-23-8-2-3-9-24(23)18-29(28)33)21-13-15-26(16-14-21)35-19-25-11-6-10-22-7-4-5-12-27(22)25/h2-18,33H,19H2,1H3,(H,32,34). The van der Waals surface area contributed by atoms with Gasteiger partial charge in [-0.3, -0.25) is 4.79 Å². The summed E-state index contributed by atoms with van der Waals surface area (Å²) in [6.45, 7) is 2.28. The molecule has 0 saturated heterocycles. The van der Waals surface area contributed by atoms with Crippen molar-refractivity contribution in [2.45, 2.75) is 13.5 Å². The molecular weight excluding hydrogens is 436 g/mol. The van der Waals surface area contributed by atoms with Crippen LogP contribution in [0.2, 0.25) is 0 Å². The average Bonchev–Trinajstić information content (AvgIpc) is 2.90. The van der Waals surface area contributed by atoms with Crippen LogP contribution in [-0.4, -0.2) is 16.7 Å². The number of nitrogens with one attached hydrogen (secondary N) is 1. The molecular formula is C30H24N2O3. The molecule has 0 fully saturated rings. The highest BCUT2D eigenvalue weighted by Crippen LogP contribution is 2.25. The number of hydrazone groups is 1. The quantitative estimate of drug-likeness (QED) is 0.227. The maximum Gasteiger partial charge on any atom is 0.275 e. The van der Waals surface area contributed by atoms with Gasteiger partial charge in [-0.25, -0.2) is 5.43 Å². The largest absolute Gasteiger partial charge is 0.507 e. The van der Waals surface area contributed by atoms with Crippen LogP contribution < -0.4 is 10.2 Å². The van der Waals surface area contributed by atoms with E-state index in [-0.39, 0.29) is 11.3 Å². The lowest BCUT2D eigenvalue weighted by molar-refractivity contribution is 0.0952. The number of carbonyl (C=O) groups is 1. The fraction of sp³-hybridized carbons (Fsp3) is 0.0667. The summed E-state index contributed by atoms with van der Waals surface area (Å²) in [5.41, 5.74) is 5.34. The Kier molecular flexibility index (Phi) is 6.14. The van der Waals surface area contributed by atoms with E-state index in [1.807, 2.05) is 73.7 Å². The number of rotatable bonds is 6. The second-order valence-electron chi connectivity index (χ2n) is 8.31. The molecule has 5 nitrogen and oxygen atoms in total. The number of carbonyl (C=O) groups excluding carboxylic acids is 1. The van der Waals surface area contributed by atoms with Gasteiger partial charge >= 0.3 is 0 Å². The minimum Gasteiger partial charge on any atom is -0.507 e. The van der Waals surface area contributed by atoms with Crippen LogP contribution in [0.3, 0.4) is 0 Å². The van der Waals surface area contributed by atoms with Gasteiger partial charge < -0.3 is 9.84 Å². The summed E-state index contributed by atoms with van der Waals surface area (Å²) in [7, 11) is 0. The third-order valence-electron chi connectivity index (χ3n) is 5.98. The number of amides is 1. The fourth-order valence-electron chi connectivity index (χ4n) is 4.04. The van der Waals surface area contributed by atoms with E-state index in [2.05, 4.69) is 34.8 Å². The molecule has 5 aromatic rings. The summed E-state index contributed by atoms with van der Waals surface area (Å²) in [5, 5.41) is 18.6. The highest BCUT2D eigenvalue weighted by Gasteiger charge is 2.12. The third-order valence-corrected chi connectivity index (χ3v) is 5.98. The van der Waals surface area contributed by atoms with Crippen LogP contribution in [0.15, 0.2) is 108 Å². The Morgan fingerprint density at radius 1 is 0.829 bits per heavy atom. The van der Waals surface area contributed by atoms with Crippen molar-refractivity contribution < 1.29 is 14.6 Å². The van der Waals surface area contributed by atoms with E-state index in [1.165, 1.54) is 10.8 Å². The van der Waals surface area contributed by atoms with E-state index >= 15 is 0 Å². The van der Waals surface area contributed by atoms with Crippen LogP contribution in [0.25, 0.3) is 21.5 Å². The molecule has 0 radical (unpaired) electrons. The maximum absolute atomic E-state index is 12.6. The second-order valence-corrected chi connectivity index (χ2v) is 8.31. The molecule has 0 unspecified atom stereocenters. The van der Waals surface area contributed by atoms with E-state index in [4.69, 9.17) is 4.74 Å². The summed E-state index contributed by atoms with van der Waals surface area (Å²) in [4.78, 5) is 12.6. The van der Waals surface area contributed by atoms with Crippen molar-refractivity contribution in [1.29, 1.82) is 0 Å². The molecule has 35 heavy (non-hydrogen) atoms. The van der Waals surface area contributed by atoms with Crippen LogP contribution in [0.4, 0.5) is 0 Å². The van der Waals surface area contributed by atoms with Crippen molar-refractivity contribution in [3.05, 3.63) is 120 Å². The molecule has 0 atom stereocenters. The number of aromatic hydroxyl groups is 1. The highest BCUT2D eigenvalue weighted by atomic mass is 16.5. The van der Waals surface area contributed by atoms with E-state index in [9.17, 15) is 9.90 Å². The minimum atomic E-state index is -0.470. The Balaban J connectivity index is 1.24. The number of nitrogens with zero attached hydrogens (tertiary/aromatic N) is 1. The number of hydrogen-bond donors (Lipinski definition) is 2. The van der Waals surface area contributed by atoms with E-state index in [0.717, 1.165) is 27.6 Å². The molecule has 172 valence electrons. The highest BCUT2D eigenvalue weighted by molar-refractivity contribution is 6.03. The van der Waals surface area contributed by atoms with Crippen molar-refractivity contribution in [3.63, 3.8) is 0 Å². The topological polar surface area (TPSA) is 70.9 Å². The van der Waals surface area contributed by atoms with Gasteiger partial charge in [0.15, 0.2) is 0 Å². The molecule has 0 aromatic heterocycles. The zero-order valence-electron chi connectivity index (χ0n) is 19.2. The molecule has 5 aromatic carbocycles. The van der Waals surface area contributed by atoms with Crippen molar-refractivity contribution in [2.24, 2.45) is 5.10 Å². The summed E-state index contributed by atoms with van der Waals surface area (Å²) in [5.74, 6) is 0.198. The van der Waals surface area contributed by atoms with Gasteiger partial charge in [-0.2, -0.15) is 5.10 Å². The van der Waals surface area contributed by atoms with Gasteiger partial charge in [0.1, 0.15) is 18.1 Å². The number of ether oxygens (including phenoxy) is 1. The van der Waals surface area contributed by atoms with Gasteiger partial charge in [-0.05, 0) is 76.0 Å². The smallest absolute Gasteiger partial charge is 0.275 e. The lowest BCUT2D eigenvalue weighted by Gasteiger charge is -2.10. The Bertz CT molecular complexity index is 1550. The SMILES string of the molecule is CC(=NNC(=O)c1cc2ccccc2cc1O)c1ccc(OCc2cccc3ccccc23)cc1. The minimum absolute atomic E-state index is 0.0817. The van der Waals surface area contributed by atoms with Crippen molar-refractivity contribution >= 4 is 33.2 Å². The maximum atomic E-state index is 12.6. The molecule has 0 aliphatic rings. The first-order valence-electron chi connectivity index (χ1n) is 11.3. The normalized spacial score (nSPS) is 11.5. The fourth-order valence-corrected chi connectivity index (χ4v) is 4.04. The Labute approximate surface area is 203 Å². The predicted octanol–water partition coefficient (Wildman–Crippen LogP) is 6.43. The molecule has 0 spiro atoms. The van der Waals surface area contributed by atoms with Crippen LogP contribution in [0.5, 0.6) is 11.5 Å². The van der Waals surface area contributed by atoms with Crippen LogP contribution in [0.1, 0.15) is 28.4 Å². The molecule has 5 rings (SSSR count). The zero-order valence-corrected chi connectivity index (χ0v) is 19.2. The lowest BCUT2D eigenvalue weighted by Crippen LogP contribution is -2.19. The molecule has 0 saturated carbocycles. The van der Waals surface area contributed by atoms with Crippen molar-refractivity contribution in [2.75, 3.05) is 0 Å². The van der Waals surface area contributed by atoms with E-state index < -0.39 is 5.91 Å². The van der Waals surface area contributed by atoms with Crippen LogP contribution in [-0.2, 0) is 6.61 Å². The van der Waals surface area contributed by atoms with E-state index in [1.54, 1.807) is 12.1 Å². The van der Waals surface area contributed by atoms with Crippen LogP contribution >= 0.6 is 0 Å². The first kappa shape index (κ1) is 22.2. The number of fused-ring (bicyclic) bond motifs is 2. The summed E-state index contributed by atoms with van der Waals surface area (Å²) in [6.07, 6.45) is 0. The molecule has 0 aliphatic heterocycles. The summed E-state index contributed by atoms with van der Waals surface area (Å²) in [6, 6.07) is 32.8. The first-order chi connectivity index (χ1) is 17.1. The van der Waals surface area contributed by atoms with Gasteiger partial charge in [-0.15, -0.1) is 0 Å². The van der Waals surface area contributed by atoms with Gasteiger partial charge in [0, 0.05) is 0 Å². The van der Waals surface area contributed by atoms with Crippen LogP contribution in [0, 0.1) is 0 Å². The van der Waals surface area contributed by atoms with Crippen molar-refractivity contribution in [3.8, 4) is 11.5 Å². The molecule has 2 N–H and O–H groups in total. The van der Waals surface area contributed by atoms with Gasteiger partial charge in [0.2, 0.25) is 0 Å². The predicted molar refractivity (Wildman–Crippen MR) is 140 cm³/mol. The summed E-state index contributed by atoms with van der Waals surface area (Å²) < 4.78 is 6.00. The molecule has 1 amide bonds. The third kappa shape index (κ3) is 4.84. The number of phenolic OH excluding ortho intramolecular Hbond substituents is 1. The lowest BCUT2D eigenvalue weighted by atomic mass is 10.1. The molecule has 5 heteroatoms. The van der Waals surface area contributed by atoms with E-state index in [0.29, 0.717) is 12.3 Å². The molecule has 0 aliphatic carbocycles. The first-order valence-corrected chi connectivity index (χ1v) is 11.3. The van der Waals surface area contributed by atoms with Gasteiger partial charge in [-0.1, -0.05) is 66.7 Å². The summed E-state index contributed by atoms with van der Waals surface area (Å²) >= 11 is 0. The Hall–Kier alpha value is -4.64. The monoisotopic (exact) mass is 460 g/mol. The Morgan fingerprint density at radius 3 is 2.26 bits per heavy atom. The molecule has 0 bridgehead atoms. The average molecular weight is 461 g/mol. The van der Waals surface area contributed by atoms with Crippen molar-refractivity contribution in [1.82, 2.24) is 5.43 Å². The molecule has 0 heterocycles.